The van der Waals surface area contributed by atoms with E-state index in [2.05, 4.69) is 0 Å². The fraction of sp³-hybridized carbons (Fsp3) is 0. The number of carbonyl (C=O) groups excluding carboxylic acids is 2. The average Bonchev–Trinajstić information content (AvgIpc) is 2.05. The highest BCUT2D eigenvalue weighted by molar-refractivity contribution is 7.94. The second-order valence-corrected chi connectivity index (χ2v) is 5.42. The monoisotopic (exact) mass is 268 g/mol. The van der Waals surface area contributed by atoms with E-state index in [1.54, 1.807) is 0 Å². The predicted molar refractivity (Wildman–Crippen MR) is 49.3 cm³/mol. The molecule has 1 aliphatic carbocycles. The molecule has 0 saturated heterocycles. The largest absolute Gasteiger partial charge is 0.300 e. The number of hydrogen-bond donors (Lipinski definition) is 2. The molecule has 0 aromatic rings. The van der Waals surface area contributed by atoms with Crippen molar-refractivity contribution in [1.82, 2.24) is 0 Å². The van der Waals surface area contributed by atoms with Gasteiger partial charge < -0.3 is 0 Å². The fourth-order valence-electron chi connectivity index (χ4n) is 0.974. The number of Topliss-reactive ketones (excluding diaryl/α,β-unsaturated/α-hetero) is 1. The van der Waals surface area contributed by atoms with Gasteiger partial charge in [0.05, 0.1) is 0 Å². The van der Waals surface area contributed by atoms with Crippen molar-refractivity contribution in [1.29, 1.82) is 0 Å². The molecule has 8 nitrogen and oxygen atoms in total. The Labute approximate surface area is 89.8 Å². The van der Waals surface area contributed by atoms with Gasteiger partial charge in [-0.15, -0.1) is 0 Å². The maximum Gasteiger partial charge on any atom is 0.300 e. The second kappa shape index (κ2) is 3.59. The SMILES string of the molecule is O=C1C=CC(S(=O)(=O)O)=C(S(=O)(=O)O)C1=O. The summed E-state index contributed by atoms with van der Waals surface area (Å²) in [4.78, 5) is 18.9. The third-order valence-electron chi connectivity index (χ3n) is 1.58. The van der Waals surface area contributed by atoms with Crippen LogP contribution in [-0.4, -0.2) is 37.5 Å². The lowest BCUT2D eigenvalue weighted by Crippen LogP contribution is -2.26. The highest BCUT2D eigenvalue weighted by Gasteiger charge is 2.37. The Morgan fingerprint density at radius 3 is 1.75 bits per heavy atom. The van der Waals surface area contributed by atoms with Crippen LogP contribution in [-0.2, 0) is 29.8 Å². The van der Waals surface area contributed by atoms with Crippen LogP contribution in [0.15, 0.2) is 22.0 Å². The summed E-state index contributed by atoms with van der Waals surface area (Å²) in [5, 5.41) is 0. The van der Waals surface area contributed by atoms with Crippen LogP contribution in [0.2, 0.25) is 0 Å². The second-order valence-electron chi connectivity index (χ2n) is 2.67. The third-order valence-corrected chi connectivity index (χ3v) is 3.52. The standard InChI is InChI=1S/C6H4O8S2/c7-3-1-2-4(15(9,10)11)6(5(3)8)16(12,13)14/h1-2H,(H,9,10,11)(H,12,13,14). The van der Waals surface area contributed by atoms with Crippen molar-refractivity contribution in [3.63, 3.8) is 0 Å². The number of ketones is 2. The molecular weight excluding hydrogens is 264 g/mol. The van der Waals surface area contributed by atoms with Crippen LogP contribution >= 0.6 is 0 Å². The molecule has 0 saturated carbocycles. The van der Waals surface area contributed by atoms with E-state index in [0.29, 0.717) is 12.2 Å². The number of carbonyl (C=O) groups is 2. The van der Waals surface area contributed by atoms with Gasteiger partial charge in [0.1, 0.15) is 4.91 Å². The van der Waals surface area contributed by atoms with Gasteiger partial charge in [0.2, 0.25) is 11.6 Å². The Kier molecular flexibility index (Phi) is 2.85. The normalized spacial score (nSPS) is 18.1. The molecule has 0 spiro atoms. The van der Waals surface area contributed by atoms with Crippen molar-refractivity contribution in [3.8, 4) is 0 Å². The summed E-state index contributed by atoms with van der Waals surface area (Å²) in [5.74, 6) is -3.04. The van der Waals surface area contributed by atoms with Crippen LogP contribution in [0.25, 0.3) is 0 Å². The van der Waals surface area contributed by atoms with Crippen LogP contribution < -0.4 is 0 Å². The molecule has 0 unspecified atom stereocenters. The molecule has 0 aromatic heterocycles. The fourth-order valence-corrected chi connectivity index (χ4v) is 2.83. The first-order valence-corrected chi connectivity index (χ1v) is 6.39. The molecule has 16 heavy (non-hydrogen) atoms. The van der Waals surface area contributed by atoms with Gasteiger partial charge in [-0.1, -0.05) is 0 Å². The highest BCUT2D eigenvalue weighted by Crippen LogP contribution is 2.22. The van der Waals surface area contributed by atoms with E-state index < -0.39 is 41.6 Å². The maximum absolute atomic E-state index is 11.1. The van der Waals surface area contributed by atoms with Crippen LogP contribution in [0, 0.1) is 0 Å². The van der Waals surface area contributed by atoms with E-state index >= 15 is 0 Å². The molecule has 0 aliphatic heterocycles. The Bertz CT molecular complexity index is 630. The van der Waals surface area contributed by atoms with Crippen molar-refractivity contribution in [2.75, 3.05) is 0 Å². The average molecular weight is 268 g/mol. The molecule has 0 heterocycles. The summed E-state index contributed by atoms with van der Waals surface area (Å²) in [7, 11) is -10.3. The smallest absolute Gasteiger partial charge is 0.286 e. The lowest BCUT2D eigenvalue weighted by Gasteiger charge is -2.08. The summed E-state index contributed by atoms with van der Waals surface area (Å²) in [6, 6.07) is 0. The van der Waals surface area contributed by atoms with Crippen LogP contribution in [0.3, 0.4) is 0 Å². The zero-order valence-electron chi connectivity index (χ0n) is 7.32. The third kappa shape index (κ3) is 2.24. The van der Waals surface area contributed by atoms with E-state index in [1.807, 2.05) is 0 Å². The van der Waals surface area contributed by atoms with E-state index in [-0.39, 0.29) is 0 Å². The van der Waals surface area contributed by atoms with Crippen LogP contribution in [0.4, 0.5) is 0 Å². The summed E-state index contributed by atoms with van der Waals surface area (Å²) in [6.07, 6.45) is 0.891. The first kappa shape index (κ1) is 12.7. The topological polar surface area (TPSA) is 143 Å². The van der Waals surface area contributed by atoms with Crippen molar-refractivity contribution < 1.29 is 35.5 Å². The molecule has 0 aromatic carbocycles. The Morgan fingerprint density at radius 2 is 1.38 bits per heavy atom. The molecule has 0 radical (unpaired) electrons. The molecule has 1 aliphatic rings. The van der Waals surface area contributed by atoms with Crippen molar-refractivity contribution in [2.24, 2.45) is 0 Å². The lowest BCUT2D eigenvalue weighted by atomic mass is 10.1. The van der Waals surface area contributed by atoms with E-state index in [4.69, 9.17) is 9.11 Å². The molecule has 0 fully saturated rings. The zero-order valence-corrected chi connectivity index (χ0v) is 8.95. The molecule has 0 bridgehead atoms. The molecule has 0 atom stereocenters. The van der Waals surface area contributed by atoms with E-state index in [1.165, 1.54) is 0 Å². The minimum absolute atomic E-state index is 0.419. The van der Waals surface area contributed by atoms with Gasteiger partial charge >= 0.3 is 0 Å². The molecular formula is C6H4O8S2. The predicted octanol–water partition coefficient (Wildman–Crippen LogP) is -1.32. The minimum atomic E-state index is -5.22. The molecule has 2 N–H and O–H groups in total. The Balaban J connectivity index is 3.75. The van der Waals surface area contributed by atoms with Crippen LogP contribution in [0.1, 0.15) is 0 Å². The number of allylic oxidation sites excluding steroid dienone is 3. The first-order valence-electron chi connectivity index (χ1n) is 3.51. The Hall–Kier alpha value is -1.36. The van der Waals surface area contributed by atoms with Gasteiger partial charge in [-0.25, -0.2) is 0 Å². The summed E-state index contributed by atoms with van der Waals surface area (Å²) in [6.45, 7) is 0. The van der Waals surface area contributed by atoms with Gasteiger partial charge in [-0.3, -0.25) is 18.7 Å². The first-order chi connectivity index (χ1) is 7.05. The van der Waals surface area contributed by atoms with Gasteiger partial charge in [0.25, 0.3) is 20.2 Å². The summed E-state index contributed by atoms with van der Waals surface area (Å²) < 4.78 is 60.0. The Morgan fingerprint density at radius 1 is 0.875 bits per heavy atom. The van der Waals surface area contributed by atoms with E-state index in [9.17, 15) is 26.4 Å². The quantitative estimate of drug-likeness (QED) is 0.356. The summed E-state index contributed by atoms with van der Waals surface area (Å²) in [5.41, 5.74) is 0. The molecule has 0 amide bonds. The van der Waals surface area contributed by atoms with Gasteiger partial charge in [0, 0.05) is 0 Å². The highest BCUT2D eigenvalue weighted by atomic mass is 32.2. The van der Waals surface area contributed by atoms with E-state index in [0.717, 1.165) is 0 Å². The van der Waals surface area contributed by atoms with Gasteiger partial charge in [0.15, 0.2) is 4.91 Å². The molecule has 1 rings (SSSR count). The zero-order chi connectivity index (χ0) is 12.7. The molecule has 10 heteroatoms. The van der Waals surface area contributed by atoms with Crippen molar-refractivity contribution in [3.05, 3.63) is 22.0 Å². The lowest BCUT2D eigenvalue weighted by molar-refractivity contribution is -0.131. The van der Waals surface area contributed by atoms with Gasteiger partial charge in [-0.05, 0) is 12.2 Å². The minimum Gasteiger partial charge on any atom is -0.286 e. The van der Waals surface area contributed by atoms with Crippen LogP contribution in [0.5, 0.6) is 0 Å². The number of hydrogen-bond acceptors (Lipinski definition) is 6. The molecule has 88 valence electrons. The maximum atomic E-state index is 11.1. The van der Waals surface area contributed by atoms with Crippen molar-refractivity contribution in [2.45, 2.75) is 0 Å². The number of rotatable bonds is 2. The van der Waals surface area contributed by atoms with Crippen molar-refractivity contribution >= 4 is 31.8 Å². The van der Waals surface area contributed by atoms with Gasteiger partial charge in [-0.2, -0.15) is 16.8 Å². The summed E-state index contributed by atoms with van der Waals surface area (Å²) >= 11 is 0.